The molecule has 1 saturated carbocycles. The number of hydrogen-bond donors (Lipinski definition) is 1. The third-order valence-electron chi connectivity index (χ3n) is 7.41. The predicted molar refractivity (Wildman–Crippen MR) is 107 cm³/mol. The van der Waals surface area contributed by atoms with E-state index in [1.807, 2.05) is 12.5 Å². The first kappa shape index (κ1) is 18.3. The van der Waals surface area contributed by atoms with Crippen molar-refractivity contribution in [2.45, 2.75) is 44.8 Å². The van der Waals surface area contributed by atoms with Gasteiger partial charge in [-0.2, -0.15) is 0 Å². The number of benzene rings is 1. The summed E-state index contributed by atoms with van der Waals surface area (Å²) >= 11 is 0. The van der Waals surface area contributed by atoms with Crippen LogP contribution in [0.3, 0.4) is 0 Å². The maximum absolute atomic E-state index is 12.2. The lowest BCUT2D eigenvalue weighted by Gasteiger charge is -2.42. The summed E-state index contributed by atoms with van der Waals surface area (Å²) in [4.78, 5) is 4.35. The monoisotopic (exact) mass is 401 g/mol. The first-order valence-corrected chi connectivity index (χ1v) is 11.8. The van der Waals surface area contributed by atoms with Crippen molar-refractivity contribution < 1.29 is 13.5 Å². The molecule has 2 aromatic rings. The first-order valence-electron chi connectivity index (χ1n) is 10.2. The second-order valence-electron chi connectivity index (χ2n) is 8.53. The van der Waals surface area contributed by atoms with E-state index in [1.54, 1.807) is 11.2 Å². The van der Waals surface area contributed by atoms with Crippen molar-refractivity contribution in [1.82, 2.24) is 13.9 Å². The molecular weight excluding hydrogens is 374 g/mol. The molecule has 2 fully saturated rings. The highest BCUT2D eigenvalue weighted by Crippen LogP contribution is 2.55. The zero-order chi connectivity index (χ0) is 19.5. The van der Waals surface area contributed by atoms with Gasteiger partial charge in [-0.1, -0.05) is 24.3 Å². The van der Waals surface area contributed by atoms with Crippen molar-refractivity contribution in [2.75, 3.05) is 18.8 Å². The van der Waals surface area contributed by atoms with Crippen molar-refractivity contribution in [2.24, 2.45) is 11.3 Å². The van der Waals surface area contributed by atoms with E-state index in [1.165, 1.54) is 11.1 Å². The molecule has 0 amide bonds. The van der Waals surface area contributed by atoms with Crippen LogP contribution in [0, 0.1) is 11.3 Å². The molecule has 5 rings (SSSR count). The largest absolute Gasteiger partial charge is 0.392 e. The van der Waals surface area contributed by atoms with Crippen molar-refractivity contribution in [3.8, 4) is 11.3 Å². The SMILES string of the molecule is CCS(=O)(=O)N1CCC2(CCC(C3c4ccccc4-c4cncn43)C2O)CC1. The van der Waals surface area contributed by atoms with Gasteiger partial charge in [0.05, 0.1) is 36.1 Å². The highest BCUT2D eigenvalue weighted by Gasteiger charge is 2.53. The van der Waals surface area contributed by atoms with Gasteiger partial charge in [-0.3, -0.25) is 0 Å². The third-order valence-corrected chi connectivity index (χ3v) is 9.29. The van der Waals surface area contributed by atoms with Gasteiger partial charge >= 0.3 is 0 Å². The summed E-state index contributed by atoms with van der Waals surface area (Å²) in [6.45, 7) is 2.75. The van der Waals surface area contributed by atoms with E-state index in [0.717, 1.165) is 31.4 Å². The number of imidazole rings is 1. The van der Waals surface area contributed by atoms with Crippen LogP contribution in [0.2, 0.25) is 0 Å². The summed E-state index contributed by atoms with van der Waals surface area (Å²) in [6.07, 6.45) is 6.77. The number of sulfonamides is 1. The van der Waals surface area contributed by atoms with E-state index in [4.69, 9.17) is 0 Å². The normalized spacial score (nSPS) is 29.1. The Hall–Kier alpha value is -1.70. The van der Waals surface area contributed by atoms with Crippen molar-refractivity contribution in [3.63, 3.8) is 0 Å². The van der Waals surface area contributed by atoms with Crippen LogP contribution in [0.25, 0.3) is 11.3 Å². The number of nitrogens with zero attached hydrogens (tertiary/aromatic N) is 3. The summed E-state index contributed by atoms with van der Waals surface area (Å²) in [7, 11) is -3.15. The number of fused-ring (bicyclic) bond motifs is 3. The minimum Gasteiger partial charge on any atom is -0.392 e. The Bertz CT molecular complexity index is 992. The van der Waals surface area contributed by atoms with Gasteiger partial charge in [0.1, 0.15) is 0 Å². The van der Waals surface area contributed by atoms with Gasteiger partial charge in [0, 0.05) is 24.6 Å². The molecule has 2 aliphatic heterocycles. The molecule has 1 aromatic heterocycles. The fourth-order valence-corrected chi connectivity index (χ4v) is 6.90. The van der Waals surface area contributed by atoms with E-state index in [2.05, 4.69) is 33.8 Å². The number of piperidine rings is 1. The van der Waals surface area contributed by atoms with Crippen LogP contribution in [-0.2, 0) is 10.0 Å². The Kier molecular flexibility index (Phi) is 4.19. The van der Waals surface area contributed by atoms with Crippen LogP contribution in [0.4, 0.5) is 0 Å². The molecule has 3 aliphatic rings. The summed E-state index contributed by atoms with van der Waals surface area (Å²) in [6, 6.07) is 8.53. The Morgan fingerprint density at radius 2 is 1.96 bits per heavy atom. The van der Waals surface area contributed by atoms with Gasteiger partial charge in [-0.15, -0.1) is 0 Å². The molecule has 3 unspecified atom stereocenters. The van der Waals surface area contributed by atoms with Gasteiger partial charge in [0.2, 0.25) is 10.0 Å². The summed E-state index contributed by atoms with van der Waals surface area (Å²) in [5, 5.41) is 11.5. The lowest BCUT2D eigenvalue weighted by atomic mass is 9.73. The lowest BCUT2D eigenvalue weighted by Crippen LogP contribution is -2.47. The average Bonchev–Trinajstić information content (AvgIpc) is 3.38. The van der Waals surface area contributed by atoms with Crippen LogP contribution >= 0.6 is 0 Å². The second-order valence-corrected chi connectivity index (χ2v) is 10.8. The summed E-state index contributed by atoms with van der Waals surface area (Å²) in [5.74, 6) is 0.277. The Morgan fingerprint density at radius 3 is 2.71 bits per heavy atom. The molecule has 150 valence electrons. The lowest BCUT2D eigenvalue weighted by molar-refractivity contribution is -0.0145. The Morgan fingerprint density at radius 1 is 1.21 bits per heavy atom. The predicted octanol–water partition coefficient (Wildman–Crippen LogP) is 2.66. The zero-order valence-corrected chi connectivity index (χ0v) is 17.0. The fraction of sp³-hybridized carbons (Fsp3) is 0.571. The molecular formula is C21H27N3O3S. The molecule has 3 heterocycles. The Balaban J connectivity index is 1.42. The molecule has 1 aromatic carbocycles. The number of hydrogen-bond acceptors (Lipinski definition) is 4. The summed E-state index contributed by atoms with van der Waals surface area (Å²) in [5.41, 5.74) is 3.44. The van der Waals surface area contributed by atoms with Crippen molar-refractivity contribution in [1.29, 1.82) is 0 Å². The molecule has 1 aliphatic carbocycles. The van der Waals surface area contributed by atoms with Gasteiger partial charge in [-0.25, -0.2) is 17.7 Å². The topological polar surface area (TPSA) is 75.4 Å². The molecule has 0 radical (unpaired) electrons. The van der Waals surface area contributed by atoms with E-state index >= 15 is 0 Å². The molecule has 7 heteroatoms. The number of aliphatic hydroxyl groups excluding tert-OH is 1. The van der Waals surface area contributed by atoms with E-state index in [9.17, 15) is 13.5 Å². The minimum atomic E-state index is -3.15. The number of rotatable bonds is 3. The standard InChI is InChI=1S/C21H27N3O3S/c1-2-28(26,27)23-11-9-21(10-12-23)8-7-17(20(21)25)19-16-6-4-3-5-15(16)18-13-22-14-24(18)19/h3-6,13-14,17,19-20,25H,2,7-12H2,1H3. The van der Waals surface area contributed by atoms with Gasteiger partial charge in [-0.05, 0) is 43.6 Å². The molecule has 1 saturated heterocycles. The maximum Gasteiger partial charge on any atom is 0.213 e. The van der Waals surface area contributed by atoms with E-state index in [0.29, 0.717) is 13.1 Å². The first-order chi connectivity index (χ1) is 13.5. The second kappa shape index (κ2) is 6.40. The van der Waals surface area contributed by atoms with Gasteiger partial charge in [0.25, 0.3) is 0 Å². The zero-order valence-electron chi connectivity index (χ0n) is 16.2. The highest BCUT2D eigenvalue weighted by atomic mass is 32.2. The molecule has 0 bridgehead atoms. The van der Waals surface area contributed by atoms with Crippen molar-refractivity contribution in [3.05, 3.63) is 42.4 Å². The minimum absolute atomic E-state index is 0.112. The number of aromatic nitrogens is 2. The van der Waals surface area contributed by atoms with Gasteiger partial charge < -0.3 is 9.67 Å². The van der Waals surface area contributed by atoms with Crippen LogP contribution in [0.1, 0.15) is 44.2 Å². The Labute approximate surface area is 166 Å². The van der Waals surface area contributed by atoms with Crippen LogP contribution in [-0.4, -0.2) is 52.3 Å². The highest BCUT2D eigenvalue weighted by molar-refractivity contribution is 7.89. The molecule has 6 nitrogen and oxygen atoms in total. The number of aliphatic hydroxyl groups is 1. The smallest absolute Gasteiger partial charge is 0.213 e. The van der Waals surface area contributed by atoms with Crippen LogP contribution in [0.15, 0.2) is 36.8 Å². The molecule has 3 atom stereocenters. The summed E-state index contributed by atoms with van der Waals surface area (Å²) < 4.78 is 28.2. The third kappa shape index (κ3) is 2.52. The van der Waals surface area contributed by atoms with Crippen LogP contribution in [0.5, 0.6) is 0 Å². The molecule has 28 heavy (non-hydrogen) atoms. The fourth-order valence-electron chi connectivity index (χ4n) is 5.79. The van der Waals surface area contributed by atoms with E-state index < -0.39 is 16.1 Å². The average molecular weight is 402 g/mol. The van der Waals surface area contributed by atoms with Gasteiger partial charge in [0.15, 0.2) is 0 Å². The van der Waals surface area contributed by atoms with E-state index in [-0.39, 0.29) is 23.1 Å². The van der Waals surface area contributed by atoms with Crippen LogP contribution < -0.4 is 0 Å². The maximum atomic E-state index is 12.2. The quantitative estimate of drug-likeness (QED) is 0.858. The molecule has 1 spiro atoms. The molecule has 1 N–H and O–H groups in total. The van der Waals surface area contributed by atoms with Crippen molar-refractivity contribution >= 4 is 10.0 Å².